The van der Waals surface area contributed by atoms with Crippen LogP contribution in [-0.4, -0.2) is 123 Å². The number of aromatic nitrogens is 7. The van der Waals surface area contributed by atoms with Crippen molar-refractivity contribution < 1.29 is 10.2 Å². The maximum Gasteiger partial charge on any atom is 0.228 e. The van der Waals surface area contributed by atoms with Crippen LogP contribution in [0.4, 0.5) is 35.2 Å². The molecule has 0 spiro atoms. The number of hydrogen-bond donors (Lipinski definition) is 2. The first kappa shape index (κ1) is 44.4. The minimum atomic E-state index is -1.17. The molecule has 0 aliphatic carbocycles. The van der Waals surface area contributed by atoms with Crippen LogP contribution in [0.3, 0.4) is 0 Å². The van der Waals surface area contributed by atoms with Crippen molar-refractivity contribution in [1.82, 2.24) is 34.9 Å². The molecule has 67 heavy (non-hydrogen) atoms. The second kappa shape index (κ2) is 19.0. The quantitative estimate of drug-likeness (QED) is 0.136. The molecule has 4 unspecified atom stereocenters. The van der Waals surface area contributed by atoms with E-state index in [-0.39, 0.29) is 0 Å². The zero-order valence-electron chi connectivity index (χ0n) is 39.5. The molecule has 15 heteroatoms. The van der Waals surface area contributed by atoms with E-state index in [1.165, 1.54) is 5.56 Å². The Bertz CT molecular complexity index is 2690. The van der Waals surface area contributed by atoms with Crippen LogP contribution >= 0.6 is 0 Å². The lowest BCUT2D eigenvalue weighted by atomic mass is 9.98. The highest BCUT2D eigenvalue weighted by Crippen LogP contribution is 2.35. The normalized spacial score (nSPS) is 19.9. The summed E-state index contributed by atoms with van der Waals surface area (Å²) in [5, 5.41) is 23.0. The summed E-state index contributed by atoms with van der Waals surface area (Å²) in [6, 6.07) is 21.5. The monoisotopic (exact) mass is 902 g/mol. The van der Waals surface area contributed by atoms with Crippen molar-refractivity contribution in [2.24, 2.45) is 0 Å². The highest BCUT2D eigenvalue weighted by Gasteiger charge is 2.30. The fraction of sp³-hybridized carbons (Fsp3) is 0.442. The topological polar surface area (TPSA) is 150 Å². The van der Waals surface area contributed by atoms with Crippen molar-refractivity contribution in [3.8, 4) is 22.5 Å². The van der Waals surface area contributed by atoms with Crippen molar-refractivity contribution in [3.63, 3.8) is 0 Å². The standard InChI is InChI=1S/C52H63N13O2/c1-34-9-6-12-40(27-34)44-31-46(59-52(57-44)65-18-8-11-38(65)5)61-21-25-63(26-22-61)50-36(3)29-42(33-55-50)48(67)47(66)41-28-35(2)49(54-32-41)62-23-19-60(20-24-62)45-30-43(39-13-15-53-16-14-39)56-51(58-45)64-17-7-10-37(64)4/h6,9,12-16,27-33,37-38,47-48,66-67H,7-8,10-11,17-26H2,1-5H3. The van der Waals surface area contributed by atoms with E-state index in [1.54, 1.807) is 24.8 Å². The van der Waals surface area contributed by atoms with Crippen molar-refractivity contribution in [3.05, 3.63) is 113 Å². The molecule has 348 valence electrons. The number of aliphatic hydroxyl groups is 2. The first-order valence-electron chi connectivity index (χ1n) is 24.1. The number of nitrogens with zero attached hydrogens (tertiary/aromatic N) is 13. The van der Waals surface area contributed by atoms with Gasteiger partial charge in [0.15, 0.2) is 0 Å². The van der Waals surface area contributed by atoms with Crippen molar-refractivity contribution >= 4 is 35.2 Å². The number of piperazine rings is 2. The van der Waals surface area contributed by atoms with E-state index in [1.807, 2.05) is 38.1 Å². The first-order valence-corrected chi connectivity index (χ1v) is 24.1. The first-order chi connectivity index (χ1) is 32.6. The van der Waals surface area contributed by atoms with Gasteiger partial charge in [-0.3, -0.25) is 4.98 Å². The Labute approximate surface area is 394 Å². The third kappa shape index (κ3) is 9.31. The second-order valence-electron chi connectivity index (χ2n) is 19.0. The lowest BCUT2D eigenvalue weighted by Gasteiger charge is -2.37. The number of pyridine rings is 3. The van der Waals surface area contributed by atoms with Crippen LogP contribution in [0.15, 0.2) is 85.5 Å². The second-order valence-corrected chi connectivity index (χ2v) is 19.0. The molecule has 0 bridgehead atoms. The van der Waals surface area contributed by atoms with Crippen molar-refractivity contribution in [1.29, 1.82) is 0 Å². The summed E-state index contributed by atoms with van der Waals surface area (Å²) in [4.78, 5) is 48.2. The molecule has 10 rings (SSSR count). The minimum Gasteiger partial charge on any atom is -0.385 e. The van der Waals surface area contributed by atoms with E-state index in [9.17, 15) is 10.2 Å². The Morgan fingerprint density at radius 3 is 1.42 bits per heavy atom. The van der Waals surface area contributed by atoms with Crippen LogP contribution in [0.2, 0.25) is 0 Å². The Morgan fingerprint density at radius 2 is 0.985 bits per heavy atom. The molecule has 2 N–H and O–H groups in total. The number of rotatable bonds is 11. The summed E-state index contributed by atoms with van der Waals surface area (Å²) in [6.45, 7) is 18.8. The van der Waals surface area contributed by atoms with E-state index in [2.05, 4.69) is 91.6 Å². The van der Waals surface area contributed by atoms with E-state index < -0.39 is 12.2 Å². The third-order valence-corrected chi connectivity index (χ3v) is 14.2. The van der Waals surface area contributed by atoms with Gasteiger partial charge in [0.1, 0.15) is 35.5 Å². The van der Waals surface area contributed by atoms with Gasteiger partial charge >= 0.3 is 0 Å². The maximum atomic E-state index is 11.5. The molecule has 0 saturated carbocycles. The van der Waals surface area contributed by atoms with Crippen LogP contribution in [-0.2, 0) is 0 Å². The summed E-state index contributed by atoms with van der Waals surface area (Å²) >= 11 is 0. The predicted molar refractivity (Wildman–Crippen MR) is 266 cm³/mol. The molecule has 0 amide bonds. The molecular formula is C52H63N13O2. The Hall–Kier alpha value is -6.45. The number of hydrogen-bond acceptors (Lipinski definition) is 15. The summed E-state index contributed by atoms with van der Waals surface area (Å²) < 4.78 is 0. The van der Waals surface area contributed by atoms with Gasteiger partial charge in [0.2, 0.25) is 11.9 Å². The van der Waals surface area contributed by atoms with Crippen LogP contribution < -0.4 is 29.4 Å². The molecule has 6 aromatic rings. The lowest BCUT2D eigenvalue weighted by Crippen LogP contribution is -2.47. The summed E-state index contributed by atoms with van der Waals surface area (Å²) in [6.07, 6.45) is 9.26. The number of benzene rings is 1. The number of aliphatic hydroxyl groups excluding tert-OH is 2. The number of anilines is 6. The predicted octanol–water partition coefficient (Wildman–Crippen LogP) is 7.11. The van der Waals surface area contributed by atoms with Gasteiger partial charge in [-0.1, -0.05) is 23.8 Å². The Morgan fingerprint density at radius 1 is 0.522 bits per heavy atom. The average molecular weight is 902 g/mol. The smallest absolute Gasteiger partial charge is 0.228 e. The SMILES string of the molecule is Cc1cccc(-c2cc(N3CCN(c4ncc(C(O)C(O)c5cnc(N6CCN(c7cc(-c8ccncc8)nc(N8CCCC8C)n7)CC6)c(C)c5)cc4C)CC3)nc(N3CCCC3C)n2)c1. The largest absolute Gasteiger partial charge is 0.385 e. The molecule has 5 aromatic heterocycles. The van der Waals surface area contributed by atoms with Crippen LogP contribution in [0.5, 0.6) is 0 Å². The Balaban J connectivity index is 0.777. The van der Waals surface area contributed by atoms with Gasteiger partial charge in [0.05, 0.1) is 11.4 Å². The van der Waals surface area contributed by atoms with E-state index in [4.69, 9.17) is 29.9 Å². The van der Waals surface area contributed by atoms with Gasteiger partial charge in [0.25, 0.3) is 0 Å². The fourth-order valence-corrected chi connectivity index (χ4v) is 10.3. The third-order valence-electron chi connectivity index (χ3n) is 14.2. The lowest BCUT2D eigenvalue weighted by molar-refractivity contribution is 0.0168. The van der Waals surface area contributed by atoms with E-state index in [0.717, 1.165) is 160 Å². The van der Waals surface area contributed by atoms with E-state index in [0.29, 0.717) is 23.2 Å². The zero-order valence-corrected chi connectivity index (χ0v) is 39.5. The molecule has 4 atom stereocenters. The van der Waals surface area contributed by atoms with Gasteiger partial charge < -0.3 is 39.6 Å². The van der Waals surface area contributed by atoms with Crippen molar-refractivity contribution in [2.45, 2.75) is 84.6 Å². The van der Waals surface area contributed by atoms with Crippen LogP contribution in [0, 0.1) is 20.8 Å². The summed E-state index contributed by atoms with van der Waals surface area (Å²) in [5.74, 6) is 5.25. The van der Waals surface area contributed by atoms with Gasteiger partial charge in [-0.15, -0.1) is 0 Å². The molecule has 4 fully saturated rings. The summed E-state index contributed by atoms with van der Waals surface area (Å²) in [5.41, 5.74) is 8.23. The van der Waals surface area contributed by atoms with Crippen LogP contribution in [0.25, 0.3) is 22.5 Å². The maximum absolute atomic E-state index is 11.5. The molecule has 0 radical (unpaired) electrons. The van der Waals surface area contributed by atoms with Gasteiger partial charge in [-0.2, -0.15) is 9.97 Å². The van der Waals surface area contributed by atoms with Crippen LogP contribution in [0.1, 0.15) is 79.6 Å². The van der Waals surface area contributed by atoms with Gasteiger partial charge in [-0.05, 0) is 102 Å². The molecule has 15 nitrogen and oxygen atoms in total. The van der Waals surface area contributed by atoms with Gasteiger partial charge in [-0.25, -0.2) is 19.9 Å². The molecular weight excluding hydrogens is 839 g/mol. The zero-order chi connectivity index (χ0) is 46.2. The average Bonchev–Trinajstić information content (AvgIpc) is 4.01. The van der Waals surface area contributed by atoms with Crippen molar-refractivity contribution in [2.75, 3.05) is 94.8 Å². The number of aryl methyl sites for hydroxylation is 3. The van der Waals surface area contributed by atoms with Gasteiger partial charge in [0, 0.05) is 137 Å². The molecule has 4 aliphatic rings. The highest BCUT2D eigenvalue weighted by molar-refractivity contribution is 5.67. The minimum absolute atomic E-state index is 0.405. The fourth-order valence-electron chi connectivity index (χ4n) is 10.3. The van der Waals surface area contributed by atoms with E-state index >= 15 is 0 Å². The Kier molecular flexibility index (Phi) is 12.6. The molecule has 4 saturated heterocycles. The highest BCUT2D eigenvalue weighted by atomic mass is 16.3. The molecule has 1 aromatic carbocycles. The molecule has 4 aliphatic heterocycles. The molecule has 9 heterocycles. The summed E-state index contributed by atoms with van der Waals surface area (Å²) in [7, 11) is 0.